The summed E-state index contributed by atoms with van der Waals surface area (Å²) in [5.41, 5.74) is 0.462. The van der Waals surface area contributed by atoms with Crippen LogP contribution in [-0.4, -0.2) is 18.3 Å². The Morgan fingerprint density at radius 2 is 1.71 bits per heavy atom. The lowest BCUT2D eigenvalue weighted by Gasteiger charge is -2.26. The molecule has 1 aliphatic rings. The third-order valence-corrected chi connectivity index (χ3v) is 3.87. The van der Waals surface area contributed by atoms with E-state index in [-0.39, 0.29) is 0 Å². The number of hydrogen-bond donors (Lipinski definition) is 1. The molecule has 1 fully saturated rings. The van der Waals surface area contributed by atoms with E-state index in [1.54, 1.807) is 14.0 Å². The minimum atomic E-state index is -1.11. The molecule has 1 aliphatic carbocycles. The molecule has 2 aromatic carbocycles. The molecule has 0 saturated heterocycles. The summed E-state index contributed by atoms with van der Waals surface area (Å²) in [5, 5.41) is 10.9. The standard InChI is InChI=1S/C18H20O3/c1-18(19,16-5-3-4-6-17(16)20-2)13-7-9-14(10-8-13)21-15-11-12-15/h3-10,15,19H,11-12H2,1-2H3. The zero-order valence-corrected chi connectivity index (χ0v) is 12.4. The number of methoxy groups -OCH3 is 1. The van der Waals surface area contributed by atoms with E-state index in [0.29, 0.717) is 11.9 Å². The summed E-state index contributed by atoms with van der Waals surface area (Å²) in [7, 11) is 1.61. The van der Waals surface area contributed by atoms with Gasteiger partial charge in [-0.25, -0.2) is 0 Å². The highest BCUT2D eigenvalue weighted by Gasteiger charge is 2.29. The summed E-state index contributed by atoms with van der Waals surface area (Å²) in [4.78, 5) is 0. The van der Waals surface area contributed by atoms with Crippen LogP contribution < -0.4 is 9.47 Å². The van der Waals surface area contributed by atoms with Gasteiger partial charge in [-0.1, -0.05) is 30.3 Å². The average Bonchev–Trinajstić information content (AvgIpc) is 3.32. The summed E-state index contributed by atoms with van der Waals surface area (Å²) in [6, 6.07) is 15.2. The minimum Gasteiger partial charge on any atom is -0.496 e. The fourth-order valence-corrected chi connectivity index (χ4v) is 2.44. The van der Waals surface area contributed by atoms with Crippen molar-refractivity contribution in [3.63, 3.8) is 0 Å². The van der Waals surface area contributed by atoms with E-state index in [1.165, 1.54) is 0 Å². The molecule has 21 heavy (non-hydrogen) atoms. The van der Waals surface area contributed by atoms with E-state index >= 15 is 0 Å². The van der Waals surface area contributed by atoms with Gasteiger partial charge in [-0.15, -0.1) is 0 Å². The highest BCUT2D eigenvalue weighted by molar-refractivity contribution is 5.45. The van der Waals surface area contributed by atoms with Crippen molar-refractivity contribution in [2.24, 2.45) is 0 Å². The van der Waals surface area contributed by atoms with Gasteiger partial charge in [-0.05, 0) is 43.5 Å². The van der Waals surface area contributed by atoms with Gasteiger partial charge < -0.3 is 14.6 Å². The molecule has 0 spiro atoms. The number of ether oxygens (including phenoxy) is 2. The van der Waals surface area contributed by atoms with Crippen molar-refractivity contribution < 1.29 is 14.6 Å². The highest BCUT2D eigenvalue weighted by Crippen LogP contribution is 2.36. The van der Waals surface area contributed by atoms with Crippen LogP contribution in [0, 0.1) is 0 Å². The van der Waals surface area contributed by atoms with Crippen molar-refractivity contribution in [3.05, 3.63) is 59.7 Å². The smallest absolute Gasteiger partial charge is 0.125 e. The second-order valence-electron chi connectivity index (χ2n) is 5.61. The minimum absolute atomic E-state index is 0.380. The molecular formula is C18H20O3. The number of para-hydroxylation sites is 1. The first kappa shape index (κ1) is 14.0. The topological polar surface area (TPSA) is 38.7 Å². The maximum absolute atomic E-state index is 10.9. The Hall–Kier alpha value is -2.00. The lowest BCUT2D eigenvalue weighted by atomic mass is 9.87. The fourth-order valence-electron chi connectivity index (χ4n) is 2.44. The van der Waals surface area contributed by atoms with Gasteiger partial charge in [-0.3, -0.25) is 0 Å². The van der Waals surface area contributed by atoms with Gasteiger partial charge in [0.05, 0.1) is 13.2 Å². The molecule has 0 amide bonds. The predicted octanol–water partition coefficient (Wildman–Crippen LogP) is 3.49. The molecule has 3 nitrogen and oxygen atoms in total. The highest BCUT2D eigenvalue weighted by atomic mass is 16.5. The lowest BCUT2D eigenvalue weighted by Crippen LogP contribution is -2.23. The number of benzene rings is 2. The average molecular weight is 284 g/mol. The normalized spacial score (nSPS) is 17.1. The van der Waals surface area contributed by atoms with Crippen molar-refractivity contribution in [2.75, 3.05) is 7.11 Å². The van der Waals surface area contributed by atoms with Crippen molar-refractivity contribution >= 4 is 0 Å². The summed E-state index contributed by atoms with van der Waals surface area (Å²) in [6.45, 7) is 1.78. The van der Waals surface area contributed by atoms with Gasteiger partial charge in [0, 0.05) is 5.56 Å². The van der Waals surface area contributed by atoms with Crippen molar-refractivity contribution in [1.29, 1.82) is 0 Å². The maximum atomic E-state index is 10.9. The molecule has 110 valence electrons. The molecule has 3 rings (SSSR count). The molecule has 2 aromatic rings. The third-order valence-electron chi connectivity index (χ3n) is 3.87. The van der Waals surface area contributed by atoms with Gasteiger partial charge in [0.1, 0.15) is 17.1 Å². The third kappa shape index (κ3) is 2.88. The van der Waals surface area contributed by atoms with Gasteiger partial charge in [0.25, 0.3) is 0 Å². The van der Waals surface area contributed by atoms with Crippen LogP contribution in [0.5, 0.6) is 11.5 Å². The Kier molecular flexibility index (Phi) is 3.60. The van der Waals surface area contributed by atoms with Crippen LogP contribution >= 0.6 is 0 Å². The predicted molar refractivity (Wildman–Crippen MR) is 81.8 cm³/mol. The van der Waals surface area contributed by atoms with E-state index in [1.807, 2.05) is 48.5 Å². The van der Waals surface area contributed by atoms with Crippen LogP contribution in [0.2, 0.25) is 0 Å². The van der Waals surface area contributed by atoms with E-state index in [0.717, 1.165) is 29.7 Å². The summed E-state index contributed by atoms with van der Waals surface area (Å²) in [6.07, 6.45) is 2.66. The molecule has 0 aromatic heterocycles. The van der Waals surface area contributed by atoms with Gasteiger partial charge in [-0.2, -0.15) is 0 Å². The zero-order valence-electron chi connectivity index (χ0n) is 12.4. The molecule has 1 atom stereocenters. The quantitative estimate of drug-likeness (QED) is 0.913. The van der Waals surface area contributed by atoms with Gasteiger partial charge in [0.2, 0.25) is 0 Å². The van der Waals surface area contributed by atoms with Crippen LogP contribution in [-0.2, 0) is 5.60 Å². The number of hydrogen-bond acceptors (Lipinski definition) is 3. The molecule has 0 heterocycles. The SMILES string of the molecule is COc1ccccc1C(C)(O)c1ccc(OC2CC2)cc1. The largest absolute Gasteiger partial charge is 0.496 e. The first-order chi connectivity index (χ1) is 10.1. The Bertz CT molecular complexity index is 613. The van der Waals surface area contributed by atoms with E-state index < -0.39 is 5.60 Å². The summed E-state index contributed by atoms with van der Waals surface area (Å²) in [5.74, 6) is 1.54. The fraction of sp³-hybridized carbons (Fsp3) is 0.333. The molecule has 0 bridgehead atoms. The van der Waals surface area contributed by atoms with Crippen molar-refractivity contribution in [1.82, 2.24) is 0 Å². The zero-order chi connectivity index (χ0) is 14.9. The Morgan fingerprint density at radius 3 is 2.33 bits per heavy atom. The van der Waals surface area contributed by atoms with Gasteiger partial charge in [0.15, 0.2) is 0 Å². The van der Waals surface area contributed by atoms with Crippen molar-refractivity contribution in [3.8, 4) is 11.5 Å². The molecular weight excluding hydrogens is 264 g/mol. The van der Waals surface area contributed by atoms with Crippen LogP contribution in [0.3, 0.4) is 0 Å². The molecule has 1 unspecified atom stereocenters. The number of rotatable bonds is 5. The van der Waals surface area contributed by atoms with Crippen molar-refractivity contribution in [2.45, 2.75) is 31.5 Å². The second-order valence-corrected chi connectivity index (χ2v) is 5.61. The molecule has 0 aliphatic heterocycles. The molecule has 0 radical (unpaired) electrons. The Morgan fingerprint density at radius 1 is 1.05 bits per heavy atom. The first-order valence-corrected chi connectivity index (χ1v) is 7.24. The Labute approximate surface area is 125 Å². The molecule has 1 saturated carbocycles. The number of aliphatic hydroxyl groups is 1. The van der Waals surface area contributed by atoms with Gasteiger partial charge >= 0.3 is 0 Å². The summed E-state index contributed by atoms with van der Waals surface area (Å²) < 4.78 is 11.1. The molecule has 3 heteroatoms. The van der Waals surface area contributed by atoms with Crippen LogP contribution in [0.1, 0.15) is 30.9 Å². The maximum Gasteiger partial charge on any atom is 0.125 e. The van der Waals surface area contributed by atoms with Crippen LogP contribution in [0.25, 0.3) is 0 Å². The van der Waals surface area contributed by atoms with E-state index in [9.17, 15) is 5.11 Å². The molecule has 1 N–H and O–H groups in total. The monoisotopic (exact) mass is 284 g/mol. The van der Waals surface area contributed by atoms with Crippen LogP contribution in [0.15, 0.2) is 48.5 Å². The Balaban J connectivity index is 1.89. The van der Waals surface area contributed by atoms with E-state index in [4.69, 9.17) is 9.47 Å². The van der Waals surface area contributed by atoms with E-state index in [2.05, 4.69) is 0 Å². The second kappa shape index (κ2) is 5.41. The summed E-state index contributed by atoms with van der Waals surface area (Å²) >= 11 is 0. The first-order valence-electron chi connectivity index (χ1n) is 7.24. The van der Waals surface area contributed by atoms with Crippen LogP contribution in [0.4, 0.5) is 0 Å². The lowest BCUT2D eigenvalue weighted by molar-refractivity contribution is 0.0989.